The van der Waals surface area contributed by atoms with Crippen molar-refractivity contribution in [3.63, 3.8) is 0 Å². The van der Waals surface area contributed by atoms with Gasteiger partial charge in [-0.15, -0.1) is 0 Å². The van der Waals surface area contributed by atoms with Crippen LogP contribution in [0.25, 0.3) is 11.1 Å². The van der Waals surface area contributed by atoms with Crippen molar-refractivity contribution in [1.82, 2.24) is 10.4 Å². The topological polar surface area (TPSA) is 61.8 Å². The number of carbonyl (C=O) groups is 1. The molecule has 5 nitrogen and oxygen atoms in total. The molecule has 0 aliphatic rings. The van der Waals surface area contributed by atoms with Crippen LogP contribution in [0.4, 0.5) is 0 Å². The first-order valence-electron chi connectivity index (χ1n) is 9.58. The van der Waals surface area contributed by atoms with Crippen LogP contribution in [0, 0.1) is 0 Å². The summed E-state index contributed by atoms with van der Waals surface area (Å²) < 4.78 is 5.29. The normalized spacial score (nSPS) is 10.9. The van der Waals surface area contributed by atoms with E-state index < -0.39 is 5.91 Å². The molecule has 150 valence electrons. The van der Waals surface area contributed by atoms with Crippen molar-refractivity contribution in [2.24, 2.45) is 0 Å². The third-order valence-electron chi connectivity index (χ3n) is 4.78. The Morgan fingerprint density at radius 1 is 0.897 bits per heavy atom. The molecule has 0 spiro atoms. The average Bonchev–Trinajstić information content (AvgIpc) is 2.78. The van der Waals surface area contributed by atoms with Crippen LogP contribution in [0.3, 0.4) is 0 Å². The highest BCUT2D eigenvalue weighted by molar-refractivity contribution is 5.93. The van der Waals surface area contributed by atoms with E-state index >= 15 is 0 Å². The van der Waals surface area contributed by atoms with Crippen molar-refractivity contribution in [2.75, 3.05) is 20.3 Å². The zero-order chi connectivity index (χ0) is 20.5. The van der Waals surface area contributed by atoms with Crippen LogP contribution in [-0.2, 0) is 17.8 Å². The highest BCUT2D eigenvalue weighted by atomic mass is 16.5. The van der Waals surface area contributed by atoms with E-state index in [1.54, 1.807) is 24.7 Å². The summed E-state index contributed by atoms with van der Waals surface area (Å²) in [5.41, 5.74) is 6.67. The lowest BCUT2D eigenvalue weighted by Gasteiger charge is -2.22. The molecule has 0 aliphatic heterocycles. The standard InChI is InChI=1S/C24H26N2O3/c1-29-15-14-26(17-19-6-3-2-4-7-19)18-20-8-5-9-23(16-20)21-10-12-22(13-11-21)24(27)25-28/h2-13,16,28H,14-15,17-18H2,1H3,(H,25,27). The van der Waals surface area contributed by atoms with Gasteiger partial charge in [0, 0.05) is 32.3 Å². The van der Waals surface area contributed by atoms with Crippen molar-refractivity contribution < 1.29 is 14.7 Å². The fraction of sp³-hybridized carbons (Fsp3) is 0.208. The van der Waals surface area contributed by atoms with E-state index in [2.05, 4.69) is 53.4 Å². The monoisotopic (exact) mass is 390 g/mol. The lowest BCUT2D eigenvalue weighted by Crippen LogP contribution is -2.26. The number of rotatable bonds is 9. The number of ether oxygens (including phenoxy) is 1. The van der Waals surface area contributed by atoms with Crippen LogP contribution in [0.1, 0.15) is 21.5 Å². The van der Waals surface area contributed by atoms with Gasteiger partial charge in [-0.1, -0.05) is 60.7 Å². The quantitative estimate of drug-likeness (QED) is 0.426. The van der Waals surface area contributed by atoms with E-state index in [0.29, 0.717) is 12.2 Å². The van der Waals surface area contributed by atoms with Crippen LogP contribution >= 0.6 is 0 Å². The van der Waals surface area contributed by atoms with E-state index in [9.17, 15) is 4.79 Å². The zero-order valence-corrected chi connectivity index (χ0v) is 16.5. The summed E-state index contributed by atoms with van der Waals surface area (Å²) in [6, 6.07) is 26.0. The number of methoxy groups -OCH3 is 1. The molecule has 0 bridgehead atoms. The maximum atomic E-state index is 11.5. The minimum atomic E-state index is -0.514. The van der Waals surface area contributed by atoms with Gasteiger partial charge in [-0.05, 0) is 40.5 Å². The summed E-state index contributed by atoms with van der Waals surface area (Å²) in [4.78, 5) is 13.9. The molecule has 29 heavy (non-hydrogen) atoms. The number of hydrogen-bond donors (Lipinski definition) is 2. The summed E-state index contributed by atoms with van der Waals surface area (Å²) in [5, 5.41) is 8.75. The van der Waals surface area contributed by atoms with Gasteiger partial charge in [-0.25, -0.2) is 5.48 Å². The predicted octanol–water partition coefficient (Wildman–Crippen LogP) is 4.12. The van der Waals surface area contributed by atoms with Gasteiger partial charge in [0.2, 0.25) is 0 Å². The van der Waals surface area contributed by atoms with Gasteiger partial charge in [-0.3, -0.25) is 14.9 Å². The molecule has 0 fully saturated rings. The van der Waals surface area contributed by atoms with E-state index in [4.69, 9.17) is 9.94 Å². The number of hydroxylamine groups is 1. The Morgan fingerprint density at radius 2 is 1.59 bits per heavy atom. The molecule has 5 heteroatoms. The minimum Gasteiger partial charge on any atom is -0.383 e. The van der Waals surface area contributed by atoms with Crippen molar-refractivity contribution in [3.05, 3.63) is 95.6 Å². The third kappa shape index (κ3) is 5.99. The molecule has 0 radical (unpaired) electrons. The van der Waals surface area contributed by atoms with E-state index in [0.717, 1.165) is 30.8 Å². The van der Waals surface area contributed by atoms with E-state index in [-0.39, 0.29) is 0 Å². The molecule has 1 amide bonds. The summed E-state index contributed by atoms with van der Waals surface area (Å²) >= 11 is 0. The van der Waals surface area contributed by atoms with Gasteiger partial charge in [0.25, 0.3) is 5.91 Å². The van der Waals surface area contributed by atoms with E-state index in [1.165, 1.54) is 11.1 Å². The average molecular weight is 390 g/mol. The number of amides is 1. The number of carbonyl (C=O) groups excluding carboxylic acids is 1. The smallest absolute Gasteiger partial charge is 0.274 e. The number of hydrogen-bond acceptors (Lipinski definition) is 4. The predicted molar refractivity (Wildman–Crippen MR) is 114 cm³/mol. The summed E-state index contributed by atoms with van der Waals surface area (Å²) in [6.45, 7) is 3.21. The Bertz CT molecular complexity index is 911. The van der Waals surface area contributed by atoms with Gasteiger partial charge >= 0.3 is 0 Å². The molecule has 3 aromatic carbocycles. The Balaban J connectivity index is 1.75. The van der Waals surface area contributed by atoms with Gasteiger partial charge < -0.3 is 4.74 Å². The number of nitrogens with zero attached hydrogens (tertiary/aromatic N) is 1. The van der Waals surface area contributed by atoms with Gasteiger partial charge in [-0.2, -0.15) is 0 Å². The molecule has 0 aliphatic carbocycles. The largest absolute Gasteiger partial charge is 0.383 e. The lowest BCUT2D eigenvalue weighted by atomic mass is 10.0. The number of benzene rings is 3. The Kier molecular flexibility index (Phi) is 7.53. The SMILES string of the molecule is COCCN(Cc1ccccc1)Cc1cccc(-c2ccc(C(=O)NO)cc2)c1. The zero-order valence-electron chi connectivity index (χ0n) is 16.5. The molecule has 2 N–H and O–H groups in total. The summed E-state index contributed by atoms with van der Waals surface area (Å²) in [5.74, 6) is -0.514. The van der Waals surface area contributed by atoms with Gasteiger partial charge in [0.05, 0.1) is 6.61 Å². The molecule has 0 aromatic heterocycles. The Labute approximate surface area is 171 Å². The number of nitrogens with one attached hydrogen (secondary N) is 1. The van der Waals surface area contributed by atoms with Crippen molar-refractivity contribution in [2.45, 2.75) is 13.1 Å². The molecular formula is C24H26N2O3. The summed E-state index contributed by atoms with van der Waals surface area (Å²) in [7, 11) is 1.72. The Hall–Kier alpha value is -2.99. The van der Waals surface area contributed by atoms with Crippen LogP contribution in [0.2, 0.25) is 0 Å². The second-order valence-electron chi connectivity index (χ2n) is 6.91. The molecule has 0 unspecified atom stereocenters. The van der Waals surface area contributed by atoms with Gasteiger partial charge in [0.15, 0.2) is 0 Å². The molecule has 0 heterocycles. The van der Waals surface area contributed by atoms with Crippen LogP contribution in [0.15, 0.2) is 78.9 Å². The van der Waals surface area contributed by atoms with Crippen molar-refractivity contribution >= 4 is 5.91 Å². The fourth-order valence-electron chi connectivity index (χ4n) is 3.26. The second kappa shape index (κ2) is 10.5. The maximum absolute atomic E-state index is 11.5. The second-order valence-corrected chi connectivity index (χ2v) is 6.91. The van der Waals surface area contributed by atoms with Crippen LogP contribution < -0.4 is 5.48 Å². The third-order valence-corrected chi connectivity index (χ3v) is 4.78. The highest BCUT2D eigenvalue weighted by Gasteiger charge is 2.09. The van der Waals surface area contributed by atoms with Crippen LogP contribution in [0.5, 0.6) is 0 Å². The van der Waals surface area contributed by atoms with Crippen LogP contribution in [-0.4, -0.2) is 36.3 Å². The van der Waals surface area contributed by atoms with Crippen molar-refractivity contribution in [3.8, 4) is 11.1 Å². The maximum Gasteiger partial charge on any atom is 0.274 e. The fourth-order valence-corrected chi connectivity index (χ4v) is 3.26. The molecule has 0 saturated heterocycles. The first kappa shape index (κ1) is 20.7. The molecule has 3 aromatic rings. The lowest BCUT2D eigenvalue weighted by molar-refractivity contribution is 0.0706. The minimum absolute atomic E-state index is 0.418. The first-order valence-corrected chi connectivity index (χ1v) is 9.58. The van der Waals surface area contributed by atoms with E-state index in [1.807, 2.05) is 18.2 Å². The molecule has 0 saturated carbocycles. The van der Waals surface area contributed by atoms with Gasteiger partial charge in [0.1, 0.15) is 0 Å². The summed E-state index contributed by atoms with van der Waals surface area (Å²) in [6.07, 6.45) is 0. The highest BCUT2D eigenvalue weighted by Crippen LogP contribution is 2.22. The molecule has 3 rings (SSSR count). The molecular weight excluding hydrogens is 364 g/mol. The molecule has 0 atom stereocenters. The first-order chi connectivity index (χ1) is 14.2. The Morgan fingerprint density at radius 3 is 2.28 bits per heavy atom. The van der Waals surface area contributed by atoms with Crippen molar-refractivity contribution in [1.29, 1.82) is 0 Å².